The van der Waals surface area contributed by atoms with Gasteiger partial charge in [-0.05, 0) is 94.6 Å². The summed E-state index contributed by atoms with van der Waals surface area (Å²) in [4.78, 5) is 15.9. The van der Waals surface area contributed by atoms with E-state index in [2.05, 4.69) is 56.3 Å². The Morgan fingerprint density at radius 2 is 0.765 bits per heavy atom. The molecule has 0 aliphatic carbocycles. The average molecular weight is 465 g/mol. The second kappa shape index (κ2) is 23.6. The van der Waals surface area contributed by atoms with Gasteiger partial charge < -0.3 is 4.90 Å². The van der Waals surface area contributed by atoms with Crippen LogP contribution in [-0.2, 0) is 19.3 Å². The molecule has 0 aliphatic rings. The van der Waals surface area contributed by atoms with Gasteiger partial charge in [-0.2, -0.15) is 0 Å². The van der Waals surface area contributed by atoms with Gasteiger partial charge in [0.25, 0.3) is 0 Å². The van der Waals surface area contributed by atoms with Crippen molar-refractivity contribution in [2.75, 3.05) is 19.6 Å². The summed E-state index contributed by atoms with van der Waals surface area (Å²) >= 11 is 0. The van der Waals surface area contributed by atoms with E-state index in [1.165, 1.54) is 17.1 Å². The number of pyridine rings is 3. The molecule has 0 spiro atoms. The van der Waals surface area contributed by atoms with Gasteiger partial charge in [-0.3, -0.25) is 15.0 Å². The first-order valence-electron chi connectivity index (χ1n) is 13.3. The van der Waals surface area contributed by atoms with Crippen LogP contribution in [0.3, 0.4) is 0 Å². The molecule has 4 heteroatoms. The van der Waals surface area contributed by atoms with E-state index in [0.717, 1.165) is 58.2 Å². The fraction of sp³-hybridized carbons (Fsp3) is 0.500. The lowest BCUT2D eigenvalue weighted by Crippen LogP contribution is -2.28. The second-order valence-electron chi connectivity index (χ2n) is 7.12. The summed E-state index contributed by atoms with van der Waals surface area (Å²) in [5.74, 6) is 0. The molecule has 188 valence electrons. The largest absolute Gasteiger partial charge is 0.303 e. The highest BCUT2D eigenvalue weighted by Gasteiger charge is 2.07. The minimum absolute atomic E-state index is 1.04. The first kappa shape index (κ1) is 31.4. The predicted molar refractivity (Wildman–Crippen MR) is 148 cm³/mol. The van der Waals surface area contributed by atoms with Gasteiger partial charge in [0.05, 0.1) is 0 Å². The maximum absolute atomic E-state index is 4.44. The van der Waals surface area contributed by atoms with Crippen LogP contribution in [0.25, 0.3) is 0 Å². The Bertz CT molecular complexity index is 655. The number of aryl methyl sites for hydroxylation is 3. The lowest BCUT2D eigenvalue weighted by atomic mass is 10.1. The standard InChI is InChI=1S/C24H30N4.3C2H6/c1-4-16-25-22(10-1)13-7-19-28(20-8-14-23-11-2-5-17-26-23)21-9-15-24-12-3-6-18-27-24;3*1-2/h1-6,10-12,16-18H,7-9,13-15,19-21H2;3*1-2H3. The van der Waals surface area contributed by atoms with Gasteiger partial charge in [-0.25, -0.2) is 0 Å². The van der Waals surface area contributed by atoms with Gasteiger partial charge in [0.2, 0.25) is 0 Å². The van der Waals surface area contributed by atoms with Crippen LogP contribution in [0.1, 0.15) is 77.9 Å². The molecule has 0 aliphatic heterocycles. The molecular weight excluding hydrogens is 416 g/mol. The highest BCUT2D eigenvalue weighted by molar-refractivity contribution is 5.05. The molecule has 0 saturated heterocycles. The molecule has 0 aromatic carbocycles. The third kappa shape index (κ3) is 15.3. The number of rotatable bonds is 12. The SMILES string of the molecule is CC.CC.CC.c1ccc(CCCN(CCCc2ccccn2)CCCc2ccccn2)nc1. The molecule has 3 heterocycles. The molecule has 0 saturated carbocycles. The number of nitrogens with zero attached hydrogens (tertiary/aromatic N) is 4. The lowest BCUT2D eigenvalue weighted by Gasteiger charge is -2.22. The van der Waals surface area contributed by atoms with Crippen molar-refractivity contribution >= 4 is 0 Å². The normalized spacial score (nSPS) is 9.62. The van der Waals surface area contributed by atoms with Crippen LogP contribution in [0.15, 0.2) is 73.2 Å². The molecule has 3 rings (SSSR count). The van der Waals surface area contributed by atoms with Crippen molar-refractivity contribution in [1.82, 2.24) is 19.9 Å². The molecule has 0 fully saturated rings. The van der Waals surface area contributed by atoms with Gasteiger partial charge in [-0.15, -0.1) is 0 Å². The molecule has 3 aromatic heterocycles. The zero-order valence-corrected chi connectivity index (χ0v) is 22.6. The van der Waals surface area contributed by atoms with Gasteiger partial charge in [-0.1, -0.05) is 59.7 Å². The fourth-order valence-corrected chi connectivity index (χ4v) is 3.42. The minimum atomic E-state index is 1.04. The van der Waals surface area contributed by atoms with Crippen LogP contribution in [0.2, 0.25) is 0 Å². The summed E-state index contributed by atoms with van der Waals surface area (Å²) < 4.78 is 0. The summed E-state index contributed by atoms with van der Waals surface area (Å²) in [6, 6.07) is 18.5. The van der Waals surface area contributed by atoms with Crippen molar-refractivity contribution in [2.45, 2.75) is 80.1 Å². The maximum atomic E-state index is 4.44. The van der Waals surface area contributed by atoms with E-state index in [1.54, 1.807) is 0 Å². The van der Waals surface area contributed by atoms with E-state index in [0.29, 0.717) is 0 Å². The highest BCUT2D eigenvalue weighted by atomic mass is 15.1. The Labute approximate surface area is 209 Å². The molecule has 0 atom stereocenters. The third-order valence-electron chi connectivity index (χ3n) is 4.90. The Balaban J connectivity index is 0.00000168. The van der Waals surface area contributed by atoms with E-state index in [4.69, 9.17) is 0 Å². The average Bonchev–Trinajstić information content (AvgIpc) is 2.94. The van der Waals surface area contributed by atoms with Crippen molar-refractivity contribution in [3.05, 3.63) is 90.3 Å². The molecule has 0 unspecified atom stereocenters. The Morgan fingerprint density at radius 3 is 1.00 bits per heavy atom. The van der Waals surface area contributed by atoms with E-state index < -0.39 is 0 Å². The van der Waals surface area contributed by atoms with Crippen LogP contribution in [0, 0.1) is 0 Å². The first-order chi connectivity index (χ1) is 16.9. The molecule has 34 heavy (non-hydrogen) atoms. The van der Waals surface area contributed by atoms with Gasteiger partial charge >= 0.3 is 0 Å². The number of hydrogen-bond donors (Lipinski definition) is 0. The minimum Gasteiger partial charge on any atom is -0.303 e. The monoisotopic (exact) mass is 464 g/mol. The zero-order valence-electron chi connectivity index (χ0n) is 22.6. The third-order valence-corrected chi connectivity index (χ3v) is 4.90. The highest BCUT2D eigenvalue weighted by Crippen LogP contribution is 2.07. The van der Waals surface area contributed by atoms with Gasteiger partial charge in [0, 0.05) is 35.7 Å². The van der Waals surface area contributed by atoms with E-state index >= 15 is 0 Å². The lowest BCUT2D eigenvalue weighted by molar-refractivity contribution is 0.263. The second-order valence-corrected chi connectivity index (χ2v) is 7.12. The van der Waals surface area contributed by atoms with Crippen molar-refractivity contribution in [3.8, 4) is 0 Å². The molecule has 0 radical (unpaired) electrons. The topological polar surface area (TPSA) is 41.9 Å². The molecule has 0 bridgehead atoms. The van der Waals surface area contributed by atoms with Crippen molar-refractivity contribution in [3.63, 3.8) is 0 Å². The predicted octanol–water partition coefficient (Wildman–Crippen LogP) is 7.45. The van der Waals surface area contributed by atoms with Crippen molar-refractivity contribution in [1.29, 1.82) is 0 Å². The zero-order chi connectivity index (χ0) is 25.3. The van der Waals surface area contributed by atoms with E-state index in [-0.39, 0.29) is 0 Å². The van der Waals surface area contributed by atoms with Crippen LogP contribution >= 0.6 is 0 Å². The summed E-state index contributed by atoms with van der Waals surface area (Å²) in [6.07, 6.45) is 12.2. The van der Waals surface area contributed by atoms with Crippen LogP contribution in [0.5, 0.6) is 0 Å². The fourth-order valence-electron chi connectivity index (χ4n) is 3.42. The Kier molecular flexibility index (Phi) is 21.8. The molecule has 0 amide bonds. The number of aromatic nitrogens is 3. The van der Waals surface area contributed by atoms with Crippen molar-refractivity contribution < 1.29 is 0 Å². The molecule has 4 nitrogen and oxygen atoms in total. The van der Waals surface area contributed by atoms with Crippen LogP contribution in [0.4, 0.5) is 0 Å². The molecular formula is C30H48N4. The Morgan fingerprint density at radius 1 is 0.471 bits per heavy atom. The molecule has 3 aromatic rings. The number of hydrogen-bond acceptors (Lipinski definition) is 4. The van der Waals surface area contributed by atoms with Crippen LogP contribution < -0.4 is 0 Å². The summed E-state index contributed by atoms with van der Waals surface area (Å²) in [5.41, 5.74) is 3.55. The maximum Gasteiger partial charge on any atom is 0.0404 e. The van der Waals surface area contributed by atoms with E-state index in [9.17, 15) is 0 Å². The smallest absolute Gasteiger partial charge is 0.0404 e. The van der Waals surface area contributed by atoms with Crippen LogP contribution in [-0.4, -0.2) is 39.5 Å². The van der Waals surface area contributed by atoms with Gasteiger partial charge in [0.1, 0.15) is 0 Å². The first-order valence-corrected chi connectivity index (χ1v) is 13.3. The molecule has 0 N–H and O–H groups in total. The summed E-state index contributed by atoms with van der Waals surface area (Å²) in [5, 5.41) is 0. The Hall–Kier alpha value is -2.59. The summed E-state index contributed by atoms with van der Waals surface area (Å²) in [6.45, 7) is 15.3. The van der Waals surface area contributed by atoms with Crippen molar-refractivity contribution in [2.24, 2.45) is 0 Å². The quantitative estimate of drug-likeness (QED) is 0.279. The van der Waals surface area contributed by atoms with E-state index in [1.807, 2.05) is 78.3 Å². The van der Waals surface area contributed by atoms with Gasteiger partial charge in [0.15, 0.2) is 0 Å². The summed E-state index contributed by atoms with van der Waals surface area (Å²) in [7, 11) is 0.